The van der Waals surface area contributed by atoms with Crippen molar-refractivity contribution in [2.75, 3.05) is 5.94 Å². The van der Waals surface area contributed by atoms with Gasteiger partial charge in [-0.25, -0.2) is 4.79 Å². The third kappa shape index (κ3) is 4.60. The van der Waals surface area contributed by atoms with Crippen LogP contribution in [0.4, 0.5) is 0 Å². The number of hydrogen-bond donors (Lipinski definition) is 0. The van der Waals surface area contributed by atoms with E-state index in [2.05, 4.69) is 56.8 Å². The van der Waals surface area contributed by atoms with Gasteiger partial charge in [-0.1, -0.05) is 38.3 Å². The molecule has 0 unspecified atom stereocenters. The number of fused-ring (bicyclic) bond motifs is 1. The van der Waals surface area contributed by atoms with Crippen LogP contribution in [0, 0.1) is 0 Å². The van der Waals surface area contributed by atoms with Crippen LogP contribution in [0.3, 0.4) is 0 Å². The molecule has 3 rings (SSSR count). The first-order chi connectivity index (χ1) is 13.0. The van der Waals surface area contributed by atoms with Crippen LogP contribution in [0.2, 0.25) is 0 Å². The molecule has 2 heterocycles. The van der Waals surface area contributed by atoms with Crippen molar-refractivity contribution in [2.45, 2.75) is 38.5 Å². The number of ether oxygens (including phenoxy) is 1. The van der Waals surface area contributed by atoms with E-state index in [-0.39, 0.29) is 11.9 Å². The number of esters is 1. The van der Waals surface area contributed by atoms with Crippen molar-refractivity contribution in [3.63, 3.8) is 0 Å². The Balaban J connectivity index is 1.82. The molecule has 0 radical (unpaired) electrons. The molecule has 0 saturated carbocycles. The highest BCUT2D eigenvalue weighted by Gasteiger charge is 2.11. The van der Waals surface area contributed by atoms with Crippen LogP contribution in [0.15, 0.2) is 53.4 Å². The molecule has 2 aromatic heterocycles. The van der Waals surface area contributed by atoms with E-state index < -0.39 is 0 Å². The number of benzene rings is 1. The van der Waals surface area contributed by atoms with Gasteiger partial charge in [0.2, 0.25) is 0 Å². The maximum atomic E-state index is 11.5. The largest absolute Gasteiger partial charge is 0.451 e. The number of thioether (sulfide) groups is 1. The minimum atomic E-state index is -0.350. The van der Waals surface area contributed by atoms with Crippen LogP contribution in [0.25, 0.3) is 20.5 Å². The predicted octanol–water partition coefficient (Wildman–Crippen LogP) is 6.26. The summed E-state index contributed by atoms with van der Waals surface area (Å²) in [6, 6.07) is 12.9. The first-order valence-corrected chi connectivity index (χ1v) is 10.8. The van der Waals surface area contributed by atoms with Gasteiger partial charge in [-0.2, -0.15) is 0 Å². The summed E-state index contributed by atoms with van der Waals surface area (Å²) in [7, 11) is 0. The second kappa shape index (κ2) is 8.72. The molecule has 3 nitrogen and oxygen atoms in total. The quantitative estimate of drug-likeness (QED) is 0.204. The van der Waals surface area contributed by atoms with E-state index in [1.54, 1.807) is 18.3 Å². The number of pyridine rings is 1. The summed E-state index contributed by atoms with van der Waals surface area (Å²) in [4.78, 5) is 18.6. The summed E-state index contributed by atoms with van der Waals surface area (Å²) in [6.07, 6.45) is 1.88. The van der Waals surface area contributed by atoms with Gasteiger partial charge in [0, 0.05) is 37.0 Å². The molecule has 0 aliphatic heterocycles. The number of thiophene rings is 1. The van der Waals surface area contributed by atoms with Crippen molar-refractivity contribution in [3.05, 3.63) is 59.9 Å². The average molecular weight is 398 g/mol. The van der Waals surface area contributed by atoms with Crippen molar-refractivity contribution < 1.29 is 9.53 Å². The highest BCUT2D eigenvalue weighted by molar-refractivity contribution is 7.99. The fraction of sp³-hybridized carbons (Fsp3) is 0.273. The zero-order valence-corrected chi connectivity index (χ0v) is 17.5. The lowest BCUT2D eigenvalue weighted by Crippen LogP contribution is -2.03. The van der Waals surface area contributed by atoms with Crippen molar-refractivity contribution >= 4 is 39.2 Å². The van der Waals surface area contributed by atoms with E-state index in [0.717, 1.165) is 29.1 Å². The Labute approximate surface area is 168 Å². The van der Waals surface area contributed by atoms with Gasteiger partial charge >= 0.3 is 5.97 Å². The maximum Gasteiger partial charge on any atom is 0.333 e. The van der Waals surface area contributed by atoms with Crippen LogP contribution in [-0.4, -0.2) is 16.9 Å². The Morgan fingerprint density at radius 3 is 2.70 bits per heavy atom. The summed E-state index contributed by atoms with van der Waals surface area (Å²) >= 11 is 3.29. The maximum absolute atomic E-state index is 11.5. The lowest BCUT2D eigenvalue weighted by molar-refractivity contribution is -0.136. The normalized spacial score (nSPS) is 10.9. The molecule has 5 heteroatoms. The number of aryl methyl sites for hydroxylation is 2. The van der Waals surface area contributed by atoms with Gasteiger partial charge < -0.3 is 4.74 Å². The highest BCUT2D eigenvalue weighted by atomic mass is 32.2. The van der Waals surface area contributed by atoms with Crippen LogP contribution < -0.4 is 0 Å². The van der Waals surface area contributed by atoms with E-state index in [9.17, 15) is 4.79 Å². The lowest BCUT2D eigenvalue weighted by atomic mass is 10.1. The molecule has 3 aromatic rings. The van der Waals surface area contributed by atoms with Crippen molar-refractivity contribution in [1.29, 1.82) is 0 Å². The van der Waals surface area contributed by atoms with Crippen LogP contribution in [0.5, 0.6) is 0 Å². The van der Waals surface area contributed by atoms with E-state index in [0.29, 0.717) is 5.57 Å². The molecule has 0 fully saturated rings. The zero-order chi connectivity index (χ0) is 19.4. The Hall–Kier alpha value is -2.11. The SMILES string of the molecule is C=C(C)C(=O)OCSc1ccc2cc(-c3ccc(CC)nc3CC)sc2c1. The molecule has 0 aliphatic carbocycles. The van der Waals surface area contributed by atoms with Gasteiger partial charge in [0.15, 0.2) is 0 Å². The topological polar surface area (TPSA) is 39.2 Å². The number of nitrogens with zero attached hydrogens (tertiary/aromatic N) is 1. The summed E-state index contributed by atoms with van der Waals surface area (Å²) in [5, 5.41) is 1.22. The number of hydrogen-bond acceptors (Lipinski definition) is 5. The minimum Gasteiger partial charge on any atom is -0.451 e. The summed E-state index contributed by atoms with van der Waals surface area (Å²) < 4.78 is 6.39. The van der Waals surface area contributed by atoms with E-state index in [1.165, 1.54) is 32.3 Å². The first kappa shape index (κ1) is 19.6. The average Bonchev–Trinajstić information content (AvgIpc) is 3.10. The molecule has 0 atom stereocenters. The minimum absolute atomic E-state index is 0.289. The molecule has 0 amide bonds. The standard InChI is InChI=1S/C22H23NO2S2/c1-5-16-8-10-18(19(6-2)23-16)21-11-15-7-9-17(12-20(15)27-21)26-13-25-22(24)14(3)4/h7-12H,3,5-6,13H2,1-2,4H3. The molecule has 27 heavy (non-hydrogen) atoms. The number of carbonyl (C=O) groups is 1. The van der Waals surface area contributed by atoms with Crippen molar-refractivity contribution in [1.82, 2.24) is 4.98 Å². The van der Waals surface area contributed by atoms with Crippen LogP contribution >= 0.6 is 23.1 Å². The fourth-order valence-electron chi connectivity index (χ4n) is 2.75. The molecule has 0 bridgehead atoms. The third-order valence-electron chi connectivity index (χ3n) is 4.25. The Morgan fingerprint density at radius 1 is 1.19 bits per heavy atom. The molecule has 0 N–H and O–H groups in total. The van der Waals surface area contributed by atoms with Gasteiger partial charge in [-0.15, -0.1) is 11.3 Å². The number of aromatic nitrogens is 1. The number of rotatable bonds is 7. The lowest BCUT2D eigenvalue weighted by Gasteiger charge is -2.06. The fourth-order valence-corrected chi connectivity index (χ4v) is 4.64. The Bertz CT molecular complexity index is 991. The smallest absolute Gasteiger partial charge is 0.333 e. The predicted molar refractivity (Wildman–Crippen MR) is 115 cm³/mol. The Kier molecular flexibility index (Phi) is 6.34. The zero-order valence-electron chi connectivity index (χ0n) is 15.9. The van der Waals surface area contributed by atoms with Gasteiger partial charge in [-0.3, -0.25) is 4.98 Å². The molecule has 0 saturated heterocycles. The van der Waals surface area contributed by atoms with E-state index in [1.807, 2.05) is 0 Å². The Morgan fingerprint density at radius 2 is 2.00 bits per heavy atom. The molecule has 0 spiro atoms. The van der Waals surface area contributed by atoms with Crippen LogP contribution in [0.1, 0.15) is 32.2 Å². The van der Waals surface area contributed by atoms with Gasteiger partial charge in [-0.05, 0) is 55.5 Å². The molecule has 0 aliphatic rings. The second-order valence-electron chi connectivity index (χ2n) is 6.29. The molecular formula is C22H23NO2S2. The molecule has 1 aromatic carbocycles. The second-order valence-corrected chi connectivity index (χ2v) is 8.37. The van der Waals surface area contributed by atoms with Gasteiger partial charge in [0.25, 0.3) is 0 Å². The van der Waals surface area contributed by atoms with Gasteiger partial charge in [0.1, 0.15) is 5.94 Å². The summed E-state index contributed by atoms with van der Waals surface area (Å²) in [5.41, 5.74) is 3.94. The van der Waals surface area contributed by atoms with Crippen LogP contribution in [-0.2, 0) is 22.4 Å². The van der Waals surface area contributed by atoms with E-state index >= 15 is 0 Å². The third-order valence-corrected chi connectivity index (χ3v) is 6.20. The summed E-state index contributed by atoms with van der Waals surface area (Å²) in [6.45, 7) is 9.53. The number of carbonyl (C=O) groups excluding carboxylic acids is 1. The summed E-state index contributed by atoms with van der Waals surface area (Å²) in [5.74, 6) is -0.0604. The monoisotopic (exact) mass is 397 g/mol. The van der Waals surface area contributed by atoms with E-state index in [4.69, 9.17) is 9.72 Å². The molecule has 140 valence electrons. The first-order valence-electron chi connectivity index (χ1n) is 9.00. The van der Waals surface area contributed by atoms with Gasteiger partial charge in [0.05, 0.1) is 0 Å². The molecular weight excluding hydrogens is 374 g/mol. The van der Waals surface area contributed by atoms with Crippen molar-refractivity contribution in [2.24, 2.45) is 0 Å². The van der Waals surface area contributed by atoms with Crippen molar-refractivity contribution in [3.8, 4) is 10.4 Å². The highest BCUT2D eigenvalue weighted by Crippen LogP contribution is 2.37.